The lowest BCUT2D eigenvalue weighted by molar-refractivity contribution is 0.339. The third-order valence-electron chi connectivity index (χ3n) is 2.69. The molecule has 0 aromatic carbocycles. The van der Waals surface area contributed by atoms with Crippen LogP contribution < -0.4 is 0 Å². The number of nitrogens with zero attached hydrogens (tertiary/aromatic N) is 2. The standard InChI is InChI=1S/C15H26N2O/c1-5-7-8-15(4)13-17(10-6-2)11-9-14(3)12-16-18/h5,7-8,13-14H,1,6,9-12H2,2-4H3/b8-7-,15-13+. The van der Waals surface area contributed by atoms with Crippen LogP contribution in [-0.2, 0) is 0 Å². The minimum absolute atomic E-state index is 0.360. The third kappa shape index (κ3) is 8.74. The van der Waals surface area contributed by atoms with Gasteiger partial charge in [0.15, 0.2) is 0 Å². The smallest absolute Gasteiger partial charge is 0.0837 e. The Morgan fingerprint density at radius 3 is 2.72 bits per heavy atom. The number of allylic oxidation sites excluding steroid dienone is 4. The molecule has 0 bridgehead atoms. The molecule has 3 heteroatoms. The zero-order chi connectivity index (χ0) is 13.8. The Hall–Kier alpha value is -1.38. The maximum atomic E-state index is 10.2. The van der Waals surface area contributed by atoms with Crippen LogP contribution >= 0.6 is 0 Å². The molecule has 0 aliphatic carbocycles. The van der Waals surface area contributed by atoms with Crippen molar-refractivity contribution in [3.05, 3.63) is 41.5 Å². The van der Waals surface area contributed by atoms with Crippen LogP contribution in [0, 0.1) is 10.8 Å². The lowest BCUT2D eigenvalue weighted by Crippen LogP contribution is -2.22. The second-order valence-corrected chi connectivity index (χ2v) is 4.71. The van der Waals surface area contributed by atoms with Gasteiger partial charge in [0.1, 0.15) is 0 Å². The molecule has 0 aromatic heterocycles. The highest BCUT2D eigenvalue weighted by atomic mass is 16.3. The van der Waals surface area contributed by atoms with Crippen molar-refractivity contribution < 1.29 is 0 Å². The fourth-order valence-electron chi connectivity index (χ4n) is 1.68. The van der Waals surface area contributed by atoms with Crippen molar-refractivity contribution in [2.45, 2.75) is 33.6 Å². The summed E-state index contributed by atoms with van der Waals surface area (Å²) in [4.78, 5) is 12.5. The van der Waals surface area contributed by atoms with Gasteiger partial charge in [0.05, 0.1) is 6.54 Å². The number of hydrogen-bond acceptors (Lipinski definition) is 3. The second kappa shape index (κ2) is 10.8. The average Bonchev–Trinajstić information content (AvgIpc) is 2.34. The molecule has 0 saturated heterocycles. The Bertz CT molecular complexity index is 295. The molecule has 0 amide bonds. The first-order valence-electron chi connectivity index (χ1n) is 6.64. The molecular formula is C15H26N2O. The molecule has 3 nitrogen and oxygen atoms in total. The predicted molar refractivity (Wildman–Crippen MR) is 79.4 cm³/mol. The highest BCUT2D eigenvalue weighted by Crippen LogP contribution is 2.07. The first-order valence-corrected chi connectivity index (χ1v) is 6.64. The average molecular weight is 250 g/mol. The summed E-state index contributed by atoms with van der Waals surface area (Å²) in [7, 11) is 0. The summed E-state index contributed by atoms with van der Waals surface area (Å²) in [6.45, 7) is 12.4. The molecule has 0 radical (unpaired) electrons. The summed E-state index contributed by atoms with van der Waals surface area (Å²) >= 11 is 0. The first-order chi connectivity index (χ1) is 8.63. The minimum atomic E-state index is 0.360. The molecule has 1 unspecified atom stereocenters. The predicted octanol–water partition coefficient (Wildman–Crippen LogP) is 4.14. The van der Waals surface area contributed by atoms with Crippen LogP contribution in [0.3, 0.4) is 0 Å². The van der Waals surface area contributed by atoms with Crippen LogP contribution in [0.2, 0.25) is 0 Å². The fourth-order valence-corrected chi connectivity index (χ4v) is 1.68. The maximum absolute atomic E-state index is 10.2. The van der Waals surface area contributed by atoms with E-state index >= 15 is 0 Å². The van der Waals surface area contributed by atoms with Gasteiger partial charge in [-0.1, -0.05) is 43.8 Å². The van der Waals surface area contributed by atoms with E-state index in [0.717, 1.165) is 25.9 Å². The van der Waals surface area contributed by atoms with Gasteiger partial charge in [0.2, 0.25) is 0 Å². The summed E-state index contributed by atoms with van der Waals surface area (Å²) in [6.07, 6.45) is 10.1. The Balaban J connectivity index is 4.32. The van der Waals surface area contributed by atoms with Crippen molar-refractivity contribution in [1.29, 1.82) is 0 Å². The van der Waals surface area contributed by atoms with Crippen molar-refractivity contribution in [2.24, 2.45) is 11.1 Å². The van der Waals surface area contributed by atoms with E-state index in [1.807, 2.05) is 12.2 Å². The van der Waals surface area contributed by atoms with Gasteiger partial charge in [-0.15, -0.1) is 0 Å². The molecule has 102 valence electrons. The van der Waals surface area contributed by atoms with Crippen molar-refractivity contribution in [1.82, 2.24) is 4.90 Å². The van der Waals surface area contributed by atoms with Gasteiger partial charge in [-0.05, 0) is 31.3 Å². The molecule has 1 atom stereocenters. The van der Waals surface area contributed by atoms with E-state index in [0.29, 0.717) is 12.5 Å². The third-order valence-corrected chi connectivity index (χ3v) is 2.69. The molecular weight excluding hydrogens is 224 g/mol. The summed E-state index contributed by atoms with van der Waals surface area (Å²) < 4.78 is 0. The maximum Gasteiger partial charge on any atom is 0.0837 e. The molecule has 0 spiro atoms. The van der Waals surface area contributed by atoms with Crippen molar-refractivity contribution >= 4 is 0 Å². The lowest BCUT2D eigenvalue weighted by Gasteiger charge is -2.21. The quantitative estimate of drug-likeness (QED) is 0.431. The van der Waals surface area contributed by atoms with Gasteiger partial charge >= 0.3 is 0 Å². The molecule has 0 N–H and O–H groups in total. The van der Waals surface area contributed by atoms with Crippen molar-refractivity contribution in [2.75, 3.05) is 19.6 Å². The van der Waals surface area contributed by atoms with Crippen LogP contribution in [0.5, 0.6) is 0 Å². The SMILES string of the molecule is C=C/C=C\C(C)=C\N(CCC)CCC(C)CN=O. The van der Waals surface area contributed by atoms with Crippen LogP contribution in [-0.4, -0.2) is 24.5 Å². The molecule has 0 heterocycles. The zero-order valence-corrected chi connectivity index (χ0v) is 11.9. The Kier molecular flexibility index (Phi) is 9.93. The van der Waals surface area contributed by atoms with E-state index in [-0.39, 0.29) is 0 Å². The summed E-state index contributed by atoms with van der Waals surface area (Å²) in [5.74, 6) is 0.360. The molecule has 0 fully saturated rings. The van der Waals surface area contributed by atoms with Crippen molar-refractivity contribution in [3.63, 3.8) is 0 Å². The molecule has 18 heavy (non-hydrogen) atoms. The summed E-state index contributed by atoms with van der Waals surface area (Å²) in [6, 6.07) is 0. The molecule has 0 aromatic rings. The van der Waals surface area contributed by atoms with Gasteiger partial charge in [-0.25, -0.2) is 0 Å². The number of hydrogen-bond donors (Lipinski definition) is 0. The number of rotatable bonds is 10. The van der Waals surface area contributed by atoms with E-state index in [2.05, 4.69) is 43.6 Å². The van der Waals surface area contributed by atoms with Gasteiger partial charge in [0, 0.05) is 19.3 Å². The molecule has 0 saturated carbocycles. The molecule has 0 aliphatic heterocycles. The van der Waals surface area contributed by atoms with Crippen LogP contribution in [0.25, 0.3) is 0 Å². The van der Waals surface area contributed by atoms with E-state index in [4.69, 9.17) is 0 Å². The Morgan fingerprint density at radius 2 is 2.17 bits per heavy atom. The normalized spacial score (nSPS) is 13.6. The van der Waals surface area contributed by atoms with Gasteiger partial charge in [-0.2, -0.15) is 4.91 Å². The van der Waals surface area contributed by atoms with Crippen LogP contribution in [0.15, 0.2) is 41.8 Å². The summed E-state index contributed by atoms with van der Waals surface area (Å²) in [5.41, 5.74) is 1.21. The summed E-state index contributed by atoms with van der Waals surface area (Å²) in [5, 5.41) is 2.95. The van der Waals surface area contributed by atoms with E-state index in [1.165, 1.54) is 5.57 Å². The monoisotopic (exact) mass is 250 g/mol. The van der Waals surface area contributed by atoms with E-state index in [9.17, 15) is 4.91 Å². The van der Waals surface area contributed by atoms with Gasteiger partial charge in [0.25, 0.3) is 0 Å². The first kappa shape index (κ1) is 16.6. The van der Waals surface area contributed by atoms with Crippen LogP contribution in [0.4, 0.5) is 0 Å². The zero-order valence-electron chi connectivity index (χ0n) is 11.9. The van der Waals surface area contributed by atoms with E-state index in [1.54, 1.807) is 6.08 Å². The minimum Gasteiger partial charge on any atom is -0.377 e. The van der Waals surface area contributed by atoms with Gasteiger partial charge in [-0.3, -0.25) is 0 Å². The highest BCUT2D eigenvalue weighted by Gasteiger charge is 2.05. The second-order valence-electron chi connectivity index (χ2n) is 4.71. The van der Waals surface area contributed by atoms with Crippen LogP contribution in [0.1, 0.15) is 33.6 Å². The molecule has 0 rings (SSSR count). The van der Waals surface area contributed by atoms with Crippen molar-refractivity contribution in [3.8, 4) is 0 Å². The number of nitroso groups, excluding NO2 is 1. The Labute approximate surface area is 111 Å². The molecule has 0 aliphatic rings. The topological polar surface area (TPSA) is 32.7 Å². The largest absolute Gasteiger partial charge is 0.377 e. The van der Waals surface area contributed by atoms with Gasteiger partial charge < -0.3 is 4.90 Å². The van der Waals surface area contributed by atoms with E-state index < -0.39 is 0 Å². The lowest BCUT2D eigenvalue weighted by atomic mass is 10.1. The highest BCUT2D eigenvalue weighted by molar-refractivity contribution is 5.18. The fraction of sp³-hybridized carbons (Fsp3) is 0.600. The Morgan fingerprint density at radius 1 is 1.44 bits per heavy atom.